The molecule has 34 heavy (non-hydrogen) atoms. The average molecular weight is 466 g/mol. The number of nitro groups is 1. The van der Waals surface area contributed by atoms with Gasteiger partial charge in [-0.2, -0.15) is 0 Å². The number of rotatable bonds is 7. The molecule has 2 N–H and O–H groups in total. The average Bonchev–Trinajstić information content (AvgIpc) is 2.82. The van der Waals surface area contributed by atoms with Crippen LogP contribution in [0, 0.1) is 21.7 Å². The predicted molar refractivity (Wildman–Crippen MR) is 123 cm³/mol. The maximum atomic E-state index is 13.5. The number of carbonyl (C=O) groups excluding carboxylic acids is 1. The topological polar surface area (TPSA) is 92.7 Å². The largest absolute Gasteiger partial charge is 0.366 e. The molecule has 3 aromatic carbocycles. The molecule has 1 aliphatic rings. The van der Waals surface area contributed by atoms with Crippen molar-refractivity contribution in [2.75, 3.05) is 26.2 Å². The van der Waals surface area contributed by atoms with Crippen molar-refractivity contribution in [3.63, 3.8) is 0 Å². The minimum Gasteiger partial charge on any atom is -0.366 e. The van der Waals surface area contributed by atoms with Gasteiger partial charge in [-0.25, -0.2) is 8.78 Å². The fraction of sp³-hybridized carbons (Fsp3) is 0.240. The molecule has 1 fully saturated rings. The molecule has 176 valence electrons. The molecule has 0 bridgehead atoms. The van der Waals surface area contributed by atoms with E-state index in [4.69, 9.17) is 5.73 Å². The molecule has 1 amide bonds. The predicted octanol–water partition coefficient (Wildman–Crippen LogP) is 3.88. The Hall–Kier alpha value is -3.69. The van der Waals surface area contributed by atoms with Crippen molar-refractivity contribution in [3.8, 4) is 0 Å². The molecule has 7 nitrogen and oxygen atoms in total. The maximum Gasteiger partial charge on any atom is 0.274 e. The molecule has 0 unspecified atom stereocenters. The van der Waals surface area contributed by atoms with E-state index in [1.54, 1.807) is 30.3 Å². The molecule has 0 spiro atoms. The van der Waals surface area contributed by atoms with E-state index in [0.717, 1.165) is 11.1 Å². The Morgan fingerprint density at radius 2 is 1.44 bits per heavy atom. The first-order chi connectivity index (χ1) is 16.3. The minimum absolute atomic E-state index is 0.0988. The van der Waals surface area contributed by atoms with Crippen LogP contribution < -0.4 is 5.73 Å². The van der Waals surface area contributed by atoms with Crippen LogP contribution >= 0.6 is 0 Å². The number of nitrogens with zero attached hydrogens (tertiary/aromatic N) is 3. The summed E-state index contributed by atoms with van der Waals surface area (Å²) in [5, 5.41) is 11.5. The zero-order valence-corrected chi connectivity index (χ0v) is 18.4. The third-order valence-corrected chi connectivity index (χ3v) is 6.10. The lowest BCUT2D eigenvalue weighted by Crippen LogP contribution is -2.47. The van der Waals surface area contributed by atoms with Crippen molar-refractivity contribution >= 4 is 11.6 Å². The van der Waals surface area contributed by atoms with Crippen molar-refractivity contribution in [2.45, 2.75) is 12.6 Å². The molecule has 1 aliphatic heterocycles. The van der Waals surface area contributed by atoms with Gasteiger partial charge >= 0.3 is 0 Å². The van der Waals surface area contributed by atoms with Gasteiger partial charge in [-0.05, 0) is 41.5 Å². The van der Waals surface area contributed by atoms with Crippen LogP contribution in [-0.2, 0) is 6.54 Å². The van der Waals surface area contributed by atoms with E-state index < -0.39 is 10.8 Å². The number of primary amides is 1. The molecule has 0 atom stereocenters. The van der Waals surface area contributed by atoms with Gasteiger partial charge in [0.25, 0.3) is 5.69 Å². The van der Waals surface area contributed by atoms with Crippen molar-refractivity contribution < 1.29 is 18.5 Å². The van der Waals surface area contributed by atoms with Crippen molar-refractivity contribution in [1.29, 1.82) is 0 Å². The summed E-state index contributed by atoms with van der Waals surface area (Å²) in [4.78, 5) is 26.7. The summed E-state index contributed by atoms with van der Waals surface area (Å²) in [5.74, 6) is -1.36. The van der Waals surface area contributed by atoms with Gasteiger partial charge in [0.15, 0.2) is 0 Å². The lowest BCUT2D eigenvalue weighted by Gasteiger charge is -2.39. The number of carbonyl (C=O) groups is 1. The van der Waals surface area contributed by atoms with Crippen LogP contribution in [0.1, 0.15) is 33.1 Å². The van der Waals surface area contributed by atoms with Gasteiger partial charge in [0.2, 0.25) is 5.91 Å². The van der Waals surface area contributed by atoms with Crippen LogP contribution in [0.2, 0.25) is 0 Å². The lowest BCUT2D eigenvalue weighted by molar-refractivity contribution is -0.385. The maximum absolute atomic E-state index is 13.5. The van der Waals surface area contributed by atoms with E-state index in [-0.39, 0.29) is 28.9 Å². The van der Waals surface area contributed by atoms with Gasteiger partial charge in [-0.3, -0.25) is 24.7 Å². The van der Waals surface area contributed by atoms with Crippen LogP contribution in [0.15, 0.2) is 66.7 Å². The van der Waals surface area contributed by atoms with Crippen molar-refractivity contribution in [1.82, 2.24) is 9.80 Å². The van der Waals surface area contributed by atoms with E-state index in [2.05, 4.69) is 9.80 Å². The summed E-state index contributed by atoms with van der Waals surface area (Å²) in [5.41, 5.74) is 7.54. The Morgan fingerprint density at radius 3 is 1.91 bits per heavy atom. The highest BCUT2D eigenvalue weighted by Crippen LogP contribution is 2.31. The van der Waals surface area contributed by atoms with Crippen molar-refractivity contribution in [3.05, 3.63) is 111 Å². The Balaban J connectivity index is 1.51. The van der Waals surface area contributed by atoms with Gasteiger partial charge in [0, 0.05) is 49.9 Å². The SMILES string of the molecule is NC(=O)c1ccc(CN2CCN(C(c3ccc(F)cc3)c3ccc(F)cc3)CC2)c([N+](=O)[O-])c1. The first-order valence-corrected chi connectivity index (χ1v) is 10.9. The molecule has 1 heterocycles. The first kappa shape index (κ1) is 23.5. The number of halogens is 2. The highest BCUT2D eigenvalue weighted by Gasteiger charge is 2.28. The van der Waals surface area contributed by atoms with Crippen molar-refractivity contribution in [2.24, 2.45) is 5.73 Å². The van der Waals surface area contributed by atoms with Crippen LogP contribution in [0.3, 0.4) is 0 Å². The zero-order valence-electron chi connectivity index (χ0n) is 18.4. The van der Waals surface area contributed by atoms with Gasteiger partial charge in [-0.15, -0.1) is 0 Å². The van der Waals surface area contributed by atoms with E-state index in [0.29, 0.717) is 38.3 Å². The second-order valence-corrected chi connectivity index (χ2v) is 8.28. The number of hydrogen-bond donors (Lipinski definition) is 1. The Morgan fingerprint density at radius 1 is 0.912 bits per heavy atom. The third kappa shape index (κ3) is 5.27. The minimum atomic E-state index is -0.712. The molecule has 9 heteroatoms. The van der Waals surface area contributed by atoms with Crippen LogP contribution in [-0.4, -0.2) is 46.8 Å². The smallest absolute Gasteiger partial charge is 0.274 e. The standard InChI is InChI=1S/C25H24F2N4O3/c26-21-7-3-17(4-8-21)24(18-5-9-22(27)10-6-18)30-13-11-29(12-14-30)16-20-2-1-19(25(28)32)15-23(20)31(33)34/h1-10,15,24H,11-14,16H2,(H2,28,32). The highest BCUT2D eigenvalue weighted by atomic mass is 19.1. The molecular formula is C25H24F2N4O3. The highest BCUT2D eigenvalue weighted by molar-refractivity contribution is 5.93. The first-order valence-electron chi connectivity index (χ1n) is 10.9. The summed E-state index contributed by atoms with van der Waals surface area (Å²) in [6.07, 6.45) is 0. The van der Waals surface area contributed by atoms with E-state index in [9.17, 15) is 23.7 Å². The summed E-state index contributed by atoms with van der Waals surface area (Å²) >= 11 is 0. The number of hydrogen-bond acceptors (Lipinski definition) is 5. The zero-order chi connectivity index (χ0) is 24.2. The van der Waals surface area contributed by atoms with E-state index in [1.165, 1.54) is 36.4 Å². The molecule has 4 rings (SSSR count). The Labute approximate surface area is 195 Å². The van der Waals surface area contributed by atoms with Crippen LogP contribution in [0.4, 0.5) is 14.5 Å². The lowest BCUT2D eigenvalue weighted by atomic mass is 9.96. The van der Waals surface area contributed by atoms with Gasteiger partial charge in [-0.1, -0.05) is 30.3 Å². The van der Waals surface area contributed by atoms with Crippen LogP contribution in [0.25, 0.3) is 0 Å². The normalized spacial score (nSPS) is 14.9. The number of nitro benzene ring substituents is 1. The quantitative estimate of drug-likeness (QED) is 0.421. The number of benzene rings is 3. The fourth-order valence-corrected chi connectivity index (χ4v) is 4.35. The molecule has 3 aromatic rings. The number of piperazine rings is 1. The molecular weight excluding hydrogens is 442 g/mol. The summed E-state index contributed by atoms with van der Waals surface area (Å²) in [6.45, 7) is 2.97. The molecule has 0 aromatic heterocycles. The molecule has 0 aliphatic carbocycles. The second kappa shape index (κ2) is 10.1. The number of nitrogens with two attached hydrogens (primary N) is 1. The summed E-state index contributed by atoms with van der Waals surface area (Å²) in [7, 11) is 0. The second-order valence-electron chi connectivity index (χ2n) is 8.28. The Bertz CT molecular complexity index is 1130. The van der Waals surface area contributed by atoms with Gasteiger partial charge in [0.05, 0.1) is 11.0 Å². The van der Waals surface area contributed by atoms with E-state index in [1.807, 2.05) is 0 Å². The third-order valence-electron chi connectivity index (χ3n) is 6.10. The molecule has 1 saturated heterocycles. The van der Waals surface area contributed by atoms with Gasteiger partial charge < -0.3 is 5.73 Å². The van der Waals surface area contributed by atoms with Crippen LogP contribution in [0.5, 0.6) is 0 Å². The Kier molecular flexibility index (Phi) is 6.95. The molecule has 0 radical (unpaired) electrons. The fourth-order valence-electron chi connectivity index (χ4n) is 4.35. The monoisotopic (exact) mass is 466 g/mol. The van der Waals surface area contributed by atoms with Gasteiger partial charge in [0.1, 0.15) is 11.6 Å². The molecule has 0 saturated carbocycles. The number of amides is 1. The summed E-state index contributed by atoms with van der Waals surface area (Å²) < 4.78 is 27.0. The van der Waals surface area contributed by atoms with E-state index >= 15 is 0 Å². The summed E-state index contributed by atoms with van der Waals surface area (Å²) in [6, 6.07) is 16.7.